The Bertz CT molecular complexity index is 1360. The molecule has 1 aromatic carbocycles. The molecule has 5 rings (SSSR count). The highest BCUT2D eigenvalue weighted by Crippen LogP contribution is 2.38. The van der Waals surface area contributed by atoms with Crippen LogP contribution in [0.25, 0.3) is 27.8 Å². The molecule has 1 fully saturated rings. The SMILES string of the molecule is Cc1c(F)c(C(C)N(C)C)c2[nH]ncc2c1-c1cn2cc(NC(=O)[C@@H]3C[C@@H]3F)nc2cn1. The Morgan fingerprint density at radius 2 is 2.09 bits per heavy atom. The van der Waals surface area contributed by atoms with E-state index in [1.165, 1.54) is 0 Å². The molecular weight excluding hydrogens is 416 g/mol. The van der Waals surface area contributed by atoms with E-state index in [1.807, 2.05) is 25.9 Å². The number of aromatic amines is 1. The Balaban J connectivity index is 1.58. The normalized spacial score (nSPS) is 19.1. The third-order valence-corrected chi connectivity index (χ3v) is 6.21. The van der Waals surface area contributed by atoms with Gasteiger partial charge in [-0.3, -0.25) is 14.9 Å². The zero-order valence-corrected chi connectivity index (χ0v) is 18.1. The van der Waals surface area contributed by atoms with Crippen LogP contribution in [0, 0.1) is 18.7 Å². The van der Waals surface area contributed by atoms with Crippen LogP contribution in [0.5, 0.6) is 0 Å². The van der Waals surface area contributed by atoms with Crippen molar-refractivity contribution in [3.8, 4) is 11.3 Å². The van der Waals surface area contributed by atoms with Crippen LogP contribution in [0.4, 0.5) is 14.6 Å². The van der Waals surface area contributed by atoms with Crippen molar-refractivity contribution in [3.63, 3.8) is 0 Å². The Hall–Kier alpha value is -3.40. The van der Waals surface area contributed by atoms with Gasteiger partial charge in [0, 0.05) is 28.8 Å². The number of amides is 1. The second kappa shape index (κ2) is 7.33. The predicted octanol–water partition coefficient (Wildman–Crippen LogP) is 3.64. The highest BCUT2D eigenvalue weighted by molar-refractivity contribution is 5.97. The maximum atomic E-state index is 15.5. The lowest BCUT2D eigenvalue weighted by atomic mass is 9.93. The Labute approximate surface area is 182 Å². The molecule has 0 saturated heterocycles. The highest BCUT2D eigenvalue weighted by atomic mass is 19.1. The zero-order valence-electron chi connectivity index (χ0n) is 18.1. The van der Waals surface area contributed by atoms with Gasteiger partial charge in [-0.05, 0) is 39.9 Å². The molecule has 0 bridgehead atoms. The van der Waals surface area contributed by atoms with E-state index < -0.39 is 12.1 Å². The number of rotatable bonds is 5. The van der Waals surface area contributed by atoms with Crippen molar-refractivity contribution >= 4 is 28.3 Å². The van der Waals surface area contributed by atoms with Crippen molar-refractivity contribution < 1.29 is 13.6 Å². The molecule has 4 aromatic rings. The summed E-state index contributed by atoms with van der Waals surface area (Å²) in [5, 5.41) is 10.5. The maximum Gasteiger partial charge on any atom is 0.231 e. The third kappa shape index (κ3) is 3.22. The van der Waals surface area contributed by atoms with Gasteiger partial charge < -0.3 is 14.6 Å². The van der Waals surface area contributed by atoms with E-state index in [2.05, 4.69) is 25.5 Å². The van der Waals surface area contributed by atoms with E-state index in [4.69, 9.17) is 0 Å². The van der Waals surface area contributed by atoms with Crippen molar-refractivity contribution in [1.82, 2.24) is 29.5 Å². The summed E-state index contributed by atoms with van der Waals surface area (Å²) in [7, 11) is 3.80. The van der Waals surface area contributed by atoms with Gasteiger partial charge in [0.1, 0.15) is 12.0 Å². The first-order valence-electron chi connectivity index (χ1n) is 10.4. The molecule has 1 unspecified atom stereocenters. The van der Waals surface area contributed by atoms with Crippen molar-refractivity contribution in [3.05, 3.63) is 41.7 Å². The smallest absolute Gasteiger partial charge is 0.231 e. The van der Waals surface area contributed by atoms with Gasteiger partial charge in [0.2, 0.25) is 5.91 Å². The van der Waals surface area contributed by atoms with Crippen molar-refractivity contribution in [2.24, 2.45) is 5.92 Å². The van der Waals surface area contributed by atoms with E-state index >= 15 is 4.39 Å². The molecule has 1 amide bonds. The number of carbonyl (C=O) groups excluding carboxylic acids is 1. The number of nitrogens with zero attached hydrogens (tertiary/aromatic N) is 5. The summed E-state index contributed by atoms with van der Waals surface area (Å²) in [6.45, 7) is 3.67. The van der Waals surface area contributed by atoms with Crippen molar-refractivity contribution in [2.45, 2.75) is 32.5 Å². The lowest BCUT2D eigenvalue weighted by Gasteiger charge is -2.23. The number of benzene rings is 1. The number of imidazole rings is 1. The molecule has 10 heteroatoms. The van der Waals surface area contributed by atoms with E-state index in [-0.39, 0.29) is 24.2 Å². The predicted molar refractivity (Wildman–Crippen MR) is 117 cm³/mol. The third-order valence-electron chi connectivity index (χ3n) is 6.21. The summed E-state index contributed by atoms with van der Waals surface area (Å²) < 4.78 is 30.4. The Morgan fingerprint density at radius 1 is 1.34 bits per heavy atom. The van der Waals surface area contributed by atoms with E-state index in [1.54, 1.807) is 36.1 Å². The summed E-state index contributed by atoms with van der Waals surface area (Å²) in [6.07, 6.45) is 5.77. The Morgan fingerprint density at radius 3 is 2.78 bits per heavy atom. The molecule has 0 spiro atoms. The van der Waals surface area contributed by atoms with Gasteiger partial charge in [-0.2, -0.15) is 5.10 Å². The largest absolute Gasteiger partial charge is 0.309 e. The molecular formula is C22H23F2N7O. The second-order valence-corrected chi connectivity index (χ2v) is 8.54. The van der Waals surface area contributed by atoms with Gasteiger partial charge in [0.25, 0.3) is 0 Å². The fourth-order valence-electron chi connectivity index (χ4n) is 4.03. The molecule has 0 aliphatic heterocycles. The molecule has 2 N–H and O–H groups in total. The molecule has 3 heterocycles. The minimum Gasteiger partial charge on any atom is -0.309 e. The molecule has 1 saturated carbocycles. The van der Waals surface area contributed by atoms with E-state index in [9.17, 15) is 9.18 Å². The fraction of sp³-hybridized carbons (Fsp3) is 0.364. The first-order valence-corrected chi connectivity index (χ1v) is 10.4. The van der Waals surface area contributed by atoms with Crippen LogP contribution in [0.1, 0.15) is 30.5 Å². The first kappa shape index (κ1) is 20.5. The monoisotopic (exact) mass is 439 g/mol. The average Bonchev–Trinajstić information content (AvgIpc) is 3.11. The van der Waals surface area contributed by atoms with Crippen LogP contribution in [-0.2, 0) is 4.79 Å². The van der Waals surface area contributed by atoms with Crippen molar-refractivity contribution in [1.29, 1.82) is 0 Å². The number of aromatic nitrogens is 5. The van der Waals surface area contributed by atoms with Gasteiger partial charge in [0.15, 0.2) is 11.5 Å². The molecule has 3 atom stereocenters. The average molecular weight is 439 g/mol. The molecule has 0 radical (unpaired) electrons. The van der Waals surface area contributed by atoms with Gasteiger partial charge >= 0.3 is 0 Å². The van der Waals surface area contributed by atoms with Gasteiger partial charge in [-0.1, -0.05) is 0 Å². The van der Waals surface area contributed by atoms with Gasteiger partial charge in [0.05, 0.1) is 35.7 Å². The van der Waals surface area contributed by atoms with Crippen LogP contribution in [0.3, 0.4) is 0 Å². The Kier molecular flexibility index (Phi) is 4.70. The second-order valence-electron chi connectivity index (χ2n) is 8.54. The number of nitrogens with one attached hydrogen (secondary N) is 2. The number of hydrogen-bond donors (Lipinski definition) is 2. The van der Waals surface area contributed by atoms with Gasteiger partial charge in [-0.15, -0.1) is 0 Å². The van der Waals surface area contributed by atoms with Gasteiger partial charge in [-0.25, -0.2) is 13.8 Å². The standard InChI is InChI=1S/C22H23F2N7O/c1-10-18(13-6-26-29-21(13)19(20(10)24)11(2)30(3)4)15-8-31-9-16(27-17(31)7-25-15)28-22(32)12-5-14(12)23/h6-9,11-12,14H,5H2,1-4H3,(H,26,29)(H,28,32)/t11?,12-,14+/m1/s1. The highest BCUT2D eigenvalue weighted by Gasteiger charge is 2.43. The number of halogens is 2. The molecule has 8 nitrogen and oxygen atoms in total. The number of anilines is 1. The van der Waals surface area contributed by atoms with Crippen LogP contribution >= 0.6 is 0 Å². The number of fused-ring (bicyclic) bond motifs is 2. The summed E-state index contributed by atoms with van der Waals surface area (Å²) in [5.41, 5.74) is 3.37. The fourth-order valence-corrected chi connectivity index (χ4v) is 4.03. The lowest BCUT2D eigenvalue weighted by molar-refractivity contribution is -0.117. The molecule has 166 valence electrons. The minimum atomic E-state index is -1.08. The van der Waals surface area contributed by atoms with Crippen LogP contribution < -0.4 is 5.32 Å². The van der Waals surface area contributed by atoms with E-state index in [0.717, 1.165) is 5.39 Å². The van der Waals surface area contributed by atoms with Crippen LogP contribution in [-0.4, -0.2) is 55.6 Å². The van der Waals surface area contributed by atoms with Crippen LogP contribution in [0.2, 0.25) is 0 Å². The summed E-state index contributed by atoms with van der Waals surface area (Å²) >= 11 is 0. The number of carbonyl (C=O) groups is 1. The number of alkyl halides is 1. The quantitative estimate of drug-likeness (QED) is 0.496. The molecule has 3 aromatic heterocycles. The number of hydrogen-bond acceptors (Lipinski definition) is 5. The van der Waals surface area contributed by atoms with E-state index in [0.29, 0.717) is 39.4 Å². The topological polar surface area (TPSA) is 91.2 Å². The summed E-state index contributed by atoms with van der Waals surface area (Å²) in [4.78, 5) is 22.8. The zero-order chi connectivity index (χ0) is 22.7. The molecule has 1 aliphatic carbocycles. The summed E-state index contributed by atoms with van der Waals surface area (Å²) in [5.74, 6) is -0.961. The van der Waals surface area contributed by atoms with Crippen molar-refractivity contribution in [2.75, 3.05) is 19.4 Å². The first-order chi connectivity index (χ1) is 15.3. The van der Waals surface area contributed by atoms with Crippen LogP contribution in [0.15, 0.2) is 24.8 Å². The molecule has 32 heavy (non-hydrogen) atoms. The molecule has 1 aliphatic rings. The maximum absolute atomic E-state index is 15.5. The summed E-state index contributed by atoms with van der Waals surface area (Å²) in [6, 6.07) is -0.156. The lowest BCUT2D eigenvalue weighted by Crippen LogP contribution is -2.19. The number of H-pyrrole nitrogens is 1. The minimum absolute atomic E-state index is 0.156.